The van der Waals surface area contributed by atoms with Gasteiger partial charge in [0.1, 0.15) is 0 Å². The number of hydrogen-bond donors (Lipinski definition) is 0. The molecule has 4 rings (SSSR count). The van der Waals surface area contributed by atoms with Crippen LogP contribution in [-0.4, -0.2) is 0 Å². The highest BCUT2D eigenvalue weighted by atomic mass is 15.1. The molecule has 0 amide bonds. The van der Waals surface area contributed by atoms with Crippen LogP contribution in [0.4, 0.5) is 17.1 Å². The molecular weight excluding hydrogens is 374 g/mol. The normalized spacial score (nSPS) is 10.4. The molecule has 0 N–H and O–H groups in total. The van der Waals surface area contributed by atoms with Crippen LogP contribution < -0.4 is 4.90 Å². The maximum atomic E-state index is 2.27. The second-order valence-corrected chi connectivity index (χ2v) is 7.55. The molecule has 0 saturated heterocycles. The molecule has 0 aliphatic carbocycles. The van der Waals surface area contributed by atoms with E-state index in [9.17, 15) is 0 Å². The van der Waals surface area contributed by atoms with Crippen LogP contribution in [0.25, 0.3) is 12.2 Å². The summed E-state index contributed by atoms with van der Waals surface area (Å²) in [5.74, 6) is 0. The predicted octanol–water partition coefficient (Wildman–Crippen LogP) is 9.05. The monoisotopic (exact) mass is 405 g/mol. The fraction of sp³-hybridized carbons (Fsp3) is 0.133. The largest absolute Gasteiger partial charge is 0.311 e. The molecule has 0 radical (unpaired) electrons. The highest BCUT2D eigenvalue weighted by molar-refractivity contribution is 5.78. The summed E-state index contributed by atoms with van der Waals surface area (Å²) in [4.78, 5) is 2.27. The second-order valence-electron chi connectivity index (χ2n) is 7.55. The van der Waals surface area contributed by atoms with Gasteiger partial charge in [0.15, 0.2) is 0 Å². The van der Waals surface area contributed by atoms with Crippen molar-refractivity contribution in [3.63, 3.8) is 0 Å². The van der Waals surface area contributed by atoms with Gasteiger partial charge < -0.3 is 4.90 Å². The van der Waals surface area contributed by atoms with Crippen LogP contribution in [0.15, 0.2) is 109 Å². The second kappa shape index (κ2) is 11.6. The van der Waals surface area contributed by atoms with Crippen LogP contribution in [0, 0.1) is 6.92 Å². The van der Waals surface area contributed by atoms with Gasteiger partial charge in [0.25, 0.3) is 0 Å². The van der Waals surface area contributed by atoms with E-state index in [0.717, 1.165) is 17.1 Å². The zero-order chi connectivity index (χ0) is 21.9. The van der Waals surface area contributed by atoms with Gasteiger partial charge >= 0.3 is 0 Å². The standard InChI is InChI=1S/C27H23N.C3H8/c1-22-12-14-23(15-13-22)16-17-24-18-20-27(21-19-24)28(25-8-4-2-5-9-25)26-10-6-3-7-11-26;1-3-2/h2-21H,1H3;3H2,1-2H3/b17-16+;. The van der Waals surface area contributed by atoms with E-state index in [1.165, 1.54) is 23.1 Å². The van der Waals surface area contributed by atoms with E-state index in [1.807, 2.05) is 12.1 Å². The Bertz CT molecular complexity index is 1010. The van der Waals surface area contributed by atoms with Crippen LogP contribution in [0.2, 0.25) is 0 Å². The lowest BCUT2D eigenvalue weighted by Crippen LogP contribution is -2.09. The molecular formula is C30H31N. The quantitative estimate of drug-likeness (QED) is 0.299. The highest BCUT2D eigenvalue weighted by Gasteiger charge is 2.11. The summed E-state index contributed by atoms with van der Waals surface area (Å²) in [7, 11) is 0. The molecule has 0 aliphatic rings. The lowest BCUT2D eigenvalue weighted by atomic mass is 10.1. The van der Waals surface area contributed by atoms with E-state index < -0.39 is 0 Å². The smallest absolute Gasteiger partial charge is 0.0462 e. The van der Waals surface area contributed by atoms with Crippen LogP contribution in [0.5, 0.6) is 0 Å². The number of hydrogen-bond acceptors (Lipinski definition) is 1. The van der Waals surface area contributed by atoms with E-state index in [4.69, 9.17) is 0 Å². The summed E-state index contributed by atoms with van der Waals surface area (Å²) >= 11 is 0. The molecule has 4 aromatic rings. The molecule has 0 heterocycles. The first-order valence-electron chi connectivity index (χ1n) is 11.0. The molecule has 0 aliphatic heterocycles. The Morgan fingerprint density at radius 2 is 0.871 bits per heavy atom. The minimum Gasteiger partial charge on any atom is -0.311 e. The van der Waals surface area contributed by atoms with E-state index in [1.54, 1.807) is 0 Å². The van der Waals surface area contributed by atoms with Gasteiger partial charge in [-0.1, -0.05) is 111 Å². The topological polar surface area (TPSA) is 3.24 Å². The number of aryl methyl sites for hydroxylation is 1. The SMILES string of the molecule is CCC.Cc1ccc(/C=C/c2ccc(N(c3ccccc3)c3ccccc3)cc2)cc1. The van der Waals surface area contributed by atoms with Crippen molar-refractivity contribution < 1.29 is 0 Å². The fourth-order valence-electron chi connectivity index (χ4n) is 3.21. The Morgan fingerprint density at radius 3 is 1.29 bits per heavy atom. The molecule has 0 bridgehead atoms. The summed E-state index contributed by atoms with van der Waals surface area (Å²) in [6.07, 6.45) is 5.56. The molecule has 0 atom stereocenters. The van der Waals surface area contributed by atoms with Crippen molar-refractivity contribution in [2.24, 2.45) is 0 Å². The summed E-state index contributed by atoms with van der Waals surface area (Å²) in [6, 6.07) is 38.2. The fourth-order valence-corrected chi connectivity index (χ4v) is 3.21. The van der Waals surface area contributed by atoms with Crippen molar-refractivity contribution in [2.75, 3.05) is 4.90 Å². The summed E-state index contributed by atoms with van der Waals surface area (Å²) in [5, 5.41) is 0. The first-order valence-corrected chi connectivity index (χ1v) is 11.0. The third-order valence-corrected chi connectivity index (χ3v) is 4.73. The number of benzene rings is 4. The van der Waals surface area contributed by atoms with Crippen molar-refractivity contribution in [1.29, 1.82) is 0 Å². The Hall–Kier alpha value is -3.58. The minimum atomic E-state index is 1.14. The number of anilines is 3. The van der Waals surface area contributed by atoms with Crippen LogP contribution in [0.3, 0.4) is 0 Å². The van der Waals surface area contributed by atoms with Gasteiger partial charge in [0.05, 0.1) is 0 Å². The van der Waals surface area contributed by atoms with Crippen molar-refractivity contribution in [2.45, 2.75) is 27.2 Å². The summed E-state index contributed by atoms with van der Waals surface area (Å²) < 4.78 is 0. The number of rotatable bonds is 5. The zero-order valence-electron chi connectivity index (χ0n) is 18.7. The Morgan fingerprint density at radius 1 is 0.516 bits per heavy atom. The van der Waals surface area contributed by atoms with Gasteiger partial charge in [-0.2, -0.15) is 0 Å². The average Bonchev–Trinajstić information content (AvgIpc) is 2.82. The lowest BCUT2D eigenvalue weighted by molar-refractivity contribution is 1.09. The van der Waals surface area contributed by atoms with Gasteiger partial charge in [0.2, 0.25) is 0 Å². The van der Waals surface area contributed by atoms with Crippen LogP contribution in [-0.2, 0) is 0 Å². The van der Waals surface area contributed by atoms with Gasteiger partial charge in [-0.3, -0.25) is 0 Å². The average molecular weight is 406 g/mol. The van der Waals surface area contributed by atoms with E-state index in [-0.39, 0.29) is 0 Å². The maximum absolute atomic E-state index is 2.27. The molecule has 31 heavy (non-hydrogen) atoms. The first-order chi connectivity index (χ1) is 15.2. The van der Waals surface area contributed by atoms with Crippen molar-refractivity contribution >= 4 is 29.2 Å². The van der Waals surface area contributed by atoms with E-state index in [0.29, 0.717) is 0 Å². The summed E-state index contributed by atoms with van der Waals surface area (Å²) in [5.41, 5.74) is 7.12. The highest BCUT2D eigenvalue weighted by Crippen LogP contribution is 2.34. The third-order valence-electron chi connectivity index (χ3n) is 4.73. The number of nitrogens with zero attached hydrogens (tertiary/aromatic N) is 1. The lowest BCUT2D eigenvalue weighted by Gasteiger charge is -2.25. The van der Waals surface area contributed by atoms with Crippen LogP contribution >= 0.6 is 0 Å². The summed E-state index contributed by atoms with van der Waals surface area (Å²) in [6.45, 7) is 6.36. The molecule has 156 valence electrons. The first kappa shape index (κ1) is 22.1. The van der Waals surface area contributed by atoms with Gasteiger partial charge in [-0.05, 0) is 54.4 Å². The Kier molecular flexibility index (Phi) is 8.25. The van der Waals surface area contributed by atoms with Crippen molar-refractivity contribution in [3.8, 4) is 0 Å². The molecule has 1 heteroatoms. The van der Waals surface area contributed by atoms with Gasteiger partial charge in [-0.25, -0.2) is 0 Å². The molecule has 0 aromatic heterocycles. The minimum absolute atomic E-state index is 1.14. The molecule has 4 aromatic carbocycles. The van der Waals surface area contributed by atoms with Crippen molar-refractivity contribution in [1.82, 2.24) is 0 Å². The van der Waals surface area contributed by atoms with E-state index >= 15 is 0 Å². The maximum Gasteiger partial charge on any atom is 0.0462 e. The van der Waals surface area contributed by atoms with Crippen molar-refractivity contribution in [3.05, 3.63) is 126 Å². The van der Waals surface area contributed by atoms with Crippen LogP contribution in [0.1, 0.15) is 37.0 Å². The van der Waals surface area contributed by atoms with E-state index in [2.05, 4.69) is 135 Å². The molecule has 0 spiro atoms. The third kappa shape index (κ3) is 6.45. The molecule has 0 unspecified atom stereocenters. The Labute approximate surface area is 187 Å². The molecule has 1 nitrogen and oxygen atoms in total. The molecule has 0 fully saturated rings. The molecule has 0 saturated carbocycles. The van der Waals surface area contributed by atoms with Gasteiger partial charge in [0, 0.05) is 17.1 Å². The predicted molar refractivity (Wildman–Crippen MR) is 137 cm³/mol. The zero-order valence-corrected chi connectivity index (χ0v) is 18.7. The number of para-hydroxylation sites is 2. The Balaban J connectivity index is 0.000000858. The van der Waals surface area contributed by atoms with Gasteiger partial charge in [-0.15, -0.1) is 0 Å².